The van der Waals surface area contributed by atoms with Crippen LogP contribution >= 0.6 is 0 Å². The molecule has 1 heterocycles. The van der Waals surface area contributed by atoms with Crippen molar-refractivity contribution < 1.29 is 9.59 Å². The fourth-order valence-corrected chi connectivity index (χ4v) is 1.50. The maximum Gasteiger partial charge on any atom is 0.269 e. The summed E-state index contributed by atoms with van der Waals surface area (Å²) in [5.74, 6) is 5.18. The molecule has 0 aliphatic rings. The molecule has 7 heteroatoms. The minimum Gasteiger partial charge on any atom is -0.351 e. The Balaban J connectivity index is 2.42. The molecule has 2 amide bonds. The molecule has 1 rings (SSSR count). The van der Waals surface area contributed by atoms with E-state index in [1.165, 1.54) is 0 Å². The highest BCUT2D eigenvalue weighted by molar-refractivity contribution is 5.92. The number of pyridine rings is 1. The predicted molar refractivity (Wildman–Crippen MR) is 76.9 cm³/mol. The Labute approximate surface area is 118 Å². The van der Waals surface area contributed by atoms with Crippen LogP contribution < -0.4 is 21.9 Å². The predicted octanol–water partition coefficient (Wildman–Crippen LogP) is 0.402. The molecule has 0 saturated carbocycles. The van der Waals surface area contributed by atoms with Crippen LogP contribution in [0.15, 0.2) is 18.2 Å². The number of nitrogens with zero attached hydrogens (tertiary/aromatic N) is 1. The maximum atomic E-state index is 11.8. The van der Waals surface area contributed by atoms with Crippen LogP contribution in [0.2, 0.25) is 0 Å². The molecule has 0 bridgehead atoms. The topological polar surface area (TPSA) is 109 Å². The fourth-order valence-electron chi connectivity index (χ4n) is 1.50. The lowest BCUT2D eigenvalue weighted by Crippen LogP contribution is -2.42. The second kappa shape index (κ2) is 6.85. The first-order valence-electron chi connectivity index (χ1n) is 6.35. The van der Waals surface area contributed by atoms with Gasteiger partial charge in [-0.05, 0) is 32.9 Å². The smallest absolute Gasteiger partial charge is 0.269 e. The van der Waals surface area contributed by atoms with Crippen molar-refractivity contribution in [2.75, 3.05) is 12.0 Å². The Morgan fingerprint density at radius 1 is 1.30 bits per heavy atom. The SMILES string of the molecule is CC(C)(C)NC(=O)CCNC(=O)c1cccc(NN)n1. The van der Waals surface area contributed by atoms with Gasteiger partial charge in [0.05, 0.1) is 0 Å². The van der Waals surface area contributed by atoms with Gasteiger partial charge in [0.1, 0.15) is 11.5 Å². The largest absolute Gasteiger partial charge is 0.351 e. The molecular formula is C13H21N5O2. The summed E-state index contributed by atoms with van der Waals surface area (Å²) in [6.45, 7) is 5.96. The summed E-state index contributed by atoms with van der Waals surface area (Å²) < 4.78 is 0. The molecule has 1 aromatic rings. The lowest BCUT2D eigenvalue weighted by molar-refractivity contribution is -0.122. The number of nitrogens with one attached hydrogen (secondary N) is 3. The van der Waals surface area contributed by atoms with Crippen molar-refractivity contribution in [1.29, 1.82) is 0 Å². The van der Waals surface area contributed by atoms with Gasteiger partial charge in [0.25, 0.3) is 5.91 Å². The second-order valence-electron chi connectivity index (χ2n) is 5.36. The summed E-state index contributed by atoms with van der Waals surface area (Å²) >= 11 is 0. The number of carbonyl (C=O) groups excluding carboxylic acids is 2. The summed E-state index contributed by atoms with van der Waals surface area (Å²) in [4.78, 5) is 27.4. The molecule has 0 unspecified atom stereocenters. The van der Waals surface area contributed by atoms with Crippen molar-refractivity contribution in [2.24, 2.45) is 5.84 Å². The van der Waals surface area contributed by atoms with Crippen LogP contribution in [0.4, 0.5) is 5.82 Å². The van der Waals surface area contributed by atoms with Gasteiger partial charge in [0.15, 0.2) is 0 Å². The van der Waals surface area contributed by atoms with Crippen LogP contribution in [0, 0.1) is 0 Å². The van der Waals surface area contributed by atoms with E-state index >= 15 is 0 Å². The number of rotatable bonds is 5. The molecule has 0 aliphatic heterocycles. The maximum absolute atomic E-state index is 11.8. The van der Waals surface area contributed by atoms with Gasteiger partial charge in [-0.1, -0.05) is 6.07 Å². The average molecular weight is 279 g/mol. The zero-order valence-corrected chi connectivity index (χ0v) is 12.0. The standard InChI is InChI=1S/C13H21N5O2/c1-13(2,3)17-11(19)7-8-15-12(20)9-5-4-6-10(16-9)18-14/h4-6H,7-8,14H2,1-3H3,(H,15,20)(H,16,18)(H,17,19). The number of carbonyl (C=O) groups is 2. The highest BCUT2D eigenvalue weighted by atomic mass is 16.2. The third kappa shape index (κ3) is 5.66. The number of hydrazine groups is 1. The van der Waals surface area contributed by atoms with E-state index in [2.05, 4.69) is 21.0 Å². The van der Waals surface area contributed by atoms with Gasteiger partial charge in [-0.2, -0.15) is 0 Å². The molecule has 0 aliphatic carbocycles. The first kappa shape index (κ1) is 15.9. The van der Waals surface area contributed by atoms with E-state index in [0.29, 0.717) is 5.82 Å². The molecule has 20 heavy (non-hydrogen) atoms. The van der Waals surface area contributed by atoms with Crippen LogP contribution in [-0.4, -0.2) is 28.9 Å². The van der Waals surface area contributed by atoms with Gasteiger partial charge in [0, 0.05) is 18.5 Å². The molecular weight excluding hydrogens is 258 g/mol. The number of nitrogen functional groups attached to an aromatic ring is 1. The molecule has 0 atom stereocenters. The highest BCUT2D eigenvalue weighted by Crippen LogP contribution is 2.03. The number of hydrogen-bond acceptors (Lipinski definition) is 5. The summed E-state index contributed by atoms with van der Waals surface area (Å²) in [6.07, 6.45) is 0.220. The van der Waals surface area contributed by atoms with Crippen molar-refractivity contribution in [3.63, 3.8) is 0 Å². The zero-order chi connectivity index (χ0) is 15.2. The van der Waals surface area contributed by atoms with Crippen LogP contribution in [0.5, 0.6) is 0 Å². The number of nitrogens with two attached hydrogens (primary N) is 1. The molecule has 0 saturated heterocycles. The lowest BCUT2D eigenvalue weighted by Gasteiger charge is -2.20. The summed E-state index contributed by atoms with van der Waals surface area (Å²) in [6, 6.07) is 4.89. The minimum atomic E-state index is -0.342. The van der Waals surface area contributed by atoms with E-state index in [4.69, 9.17) is 5.84 Å². The van der Waals surface area contributed by atoms with Gasteiger partial charge < -0.3 is 16.1 Å². The molecule has 0 fully saturated rings. The van der Waals surface area contributed by atoms with E-state index in [0.717, 1.165) is 0 Å². The average Bonchev–Trinajstić information content (AvgIpc) is 2.36. The normalized spacial score (nSPS) is 10.8. The Morgan fingerprint density at radius 3 is 2.60 bits per heavy atom. The molecule has 1 aromatic heterocycles. The quantitative estimate of drug-likeness (QED) is 0.461. The van der Waals surface area contributed by atoms with E-state index in [1.54, 1.807) is 18.2 Å². The minimum absolute atomic E-state index is 0.108. The zero-order valence-electron chi connectivity index (χ0n) is 12.0. The van der Waals surface area contributed by atoms with Gasteiger partial charge >= 0.3 is 0 Å². The van der Waals surface area contributed by atoms with Gasteiger partial charge in [0.2, 0.25) is 5.91 Å². The van der Waals surface area contributed by atoms with Crippen LogP contribution in [-0.2, 0) is 4.79 Å². The number of amides is 2. The molecule has 7 nitrogen and oxygen atoms in total. The Morgan fingerprint density at radius 2 is 2.00 bits per heavy atom. The van der Waals surface area contributed by atoms with Crippen LogP contribution in [0.1, 0.15) is 37.7 Å². The lowest BCUT2D eigenvalue weighted by atomic mass is 10.1. The summed E-state index contributed by atoms with van der Waals surface area (Å²) in [5, 5.41) is 5.45. The fraction of sp³-hybridized carbons (Fsp3) is 0.462. The molecule has 0 aromatic carbocycles. The molecule has 110 valence electrons. The first-order chi connectivity index (χ1) is 9.31. The number of aromatic nitrogens is 1. The summed E-state index contributed by atoms with van der Waals surface area (Å²) in [7, 11) is 0. The number of hydrogen-bond donors (Lipinski definition) is 4. The van der Waals surface area contributed by atoms with E-state index < -0.39 is 0 Å². The Kier molecular flexibility index (Phi) is 5.45. The van der Waals surface area contributed by atoms with Gasteiger partial charge in [-0.15, -0.1) is 0 Å². The number of anilines is 1. The third-order valence-electron chi connectivity index (χ3n) is 2.28. The van der Waals surface area contributed by atoms with E-state index in [9.17, 15) is 9.59 Å². The van der Waals surface area contributed by atoms with Gasteiger partial charge in [-0.3, -0.25) is 9.59 Å². The summed E-state index contributed by atoms with van der Waals surface area (Å²) in [5.41, 5.74) is 2.34. The second-order valence-corrected chi connectivity index (χ2v) is 5.36. The van der Waals surface area contributed by atoms with Crippen molar-refractivity contribution in [3.05, 3.63) is 23.9 Å². The van der Waals surface area contributed by atoms with Crippen molar-refractivity contribution in [3.8, 4) is 0 Å². The third-order valence-corrected chi connectivity index (χ3v) is 2.28. The van der Waals surface area contributed by atoms with Crippen molar-refractivity contribution >= 4 is 17.6 Å². The Hall–Kier alpha value is -2.15. The monoisotopic (exact) mass is 279 g/mol. The van der Waals surface area contributed by atoms with Crippen molar-refractivity contribution in [2.45, 2.75) is 32.7 Å². The Bertz CT molecular complexity index is 482. The molecule has 0 radical (unpaired) electrons. The first-order valence-corrected chi connectivity index (χ1v) is 6.35. The van der Waals surface area contributed by atoms with E-state index in [-0.39, 0.29) is 36.0 Å². The highest BCUT2D eigenvalue weighted by Gasteiger charge is 2.14. The molecule has 0 spiro atoms. The van der Waals surface area contributed by atoms with Gasteiger partial charge in [-0.25, -0.2) is 10.8 Å². The van der Waals surface area contributed by atoms with Crippen molar-refractivity contribution in [1.82, 2.24) is 15.6 Å². The van der Waals surface area contributed by atoms with E-state index in [1.807, 2.05) is 20.8 Å². The van der Waals surface area contributed by atoms with Crippen LogP contribution in [0.25, 0.3) is 0 Å². The van der Waals surface area contributed by atoms with Crippen LogP contribution in [0.3, 0.4) is 0 Å². The molecule has 5 N–H and O–H groups in total.